The normalized spacial score (nSPS) is 25.8. The average molecular weight is 370 g/mol. The minimum atomic E-state index is -0.384. The Hall–Kier alpha value is -2.57. The number of hydrogen-bond donors (Lipinski definition) is 1. The monoisotopic (exact) mass is 370 g/mol. The number of benzene rings is 1. The smallest absolute Gasteiger partial charge is 0.329 e. The summed E-state index contributed by atoms with van der Waals surface area (Å²) in [6.07, 6.45) is 3.83. The van der Waals surface area contributed by atoms with Crippen molar-refractivity contribution in [3.8, 4) is 0 Å². The van der Waals surface area contributed by atoms with E-state index in [1.165, 1.54) is 0 Å². The van der Waals surface area contributed by atoms with E-state index in [9.17, 15) is 14.4 Å². The van der Waals surface area contributed by atoms with Crippen LogP contribution in [0.4, 0.5) is 0 Å². The predicted octanol–water partition coefficient (Wildman–Crippen LogP) is 1.39. The van der Waals surface area contributed by atoms with Gasteiger partial charge in [-0.1, -0.05) is 12.1 Å². The van der Waals surface area contributed by atoms with Gasteiger partial charge in [-0.3, -0.25) is 18.7 Å². The second-order valence-corrected chi connectivity index (χ2v) is 7.98. The molecule has 2 atom stereocenters. The average Bonchev–Trinajstić information content (AvgIpc) is 2.78. The minimum absolute atomic E-state index is 0.0177. The molecule has 3 heterocycles. The molecule has 0 radical (unpaired) electrons. The molecule has 1 aromatic heterocycles. The van der Waals surface area contributed by atoms with Crippen LogP contribution in [-0.2, 0) is 23.2 Å². The molecule has 2 aliphatic rings. The van der Waals surface area contributed by atoms with Gasteiger partial charge in [0.1, 0.15) is 6.54 Å². The van der Waals surface area contributed by atoms with Crippen LogP contribution in [-0.4, -0.2) is 44.0 Å². The number of nitrogens with zero attached hydrogens (tertiary/aromatic N) is 3. The summed E-state index contributed by atoms with van der Waals surface area (Å²) in [5, 5.41) is 3.15. The number of amides is 2. The molecule has 144 valence electrons. The van der Waals surface area contributed by atoms with E-state index in [0.717, 1.165) is 36.7 Å². The van der Waals surface area contributed by atoms with Gasteiger partial charge in [0.2, 0.25) is 11.8 Å². The van der Waals surface area contributed by atoms with Gasteiger partial charge in [-0.05, 0) is 44.7 Å². The number of likely N-dealkylation sites (tertiary alicyclic amines) is 1. The van der Waals surface area contributed by atoms with Gasteiger partial charge in [-0.15, -0.1) is 0 Å². The van der Waals surface area contributed by atoms with Crippen molar-refractivity contribution in [2.24, 2.45) is 7.05 Å². The maximum absolute atomic E-state index is 13.2. The zero-order valence-electron chi connectivity index (χ0n) is 15.9. The van der Waals surface area contributed by atoms with Gasteiger partial charge in [-0.25, -0.2) is 4.79 Å². The summed E-state index contributed by atoms with van der Waals surface area (Å²) in [7, 11) is 1.73. The second-order valence-electron chi connectivity index (χ2n) is 7.98. The summed E-state index contributed by atoms with van der Waals surface area (Å²) in [5.74, 6) is 0.0140. The Morgan fingerprint density at radius 1 is 1.22 bits per heavy atom. The number of rotatable bonds is 2. The molecule has 4 rings (SSSR count). The number of imidazole rings is 1. The van der Waals surface area contributed by atoms with Gasteiger partial charge in [0.25, 0.3) is 0 Å². The van der Waals surface area contributed by atoms with Crippen molar-refractivity contribution in [3.05, 3.63) is 34.7 Å². The molecule has 0 aliphatic carbocycles. The van der Waals surface area contributed by atoms with Crippen molar-refractivity contribution in [2.45, 2.75) is 57.2 Å². The number of aryl methyl sites for hydroxylation is 1. The predicted molar refractivity (Wildman–Crippen MR) is 102 cm³/mol. The maximum Gasteiger partial charge on any atom is 0.329 e. The van der Waals surface area contributed by atoms with Crippen molar-refractivity contribution in [2.75, 3.05) is 6.54 Å². The molecule has 2 aliphatic heterocycles. The third-order valence-electron chi connectivity index (χ3n) is 6.18. The molecule has 0 saturated carbocycles. The fourth-order valence-corrected chi connectivity index (χ4v) is 4.78. The third-order valence-corrected chi connectivity index (χ3v) is 6.18. The lowest BCUT2D eigenvalue weighted by molar-refractivity contribution is -0.139. The van der Waals surface area contributed by atoms with Gasteiger partial charge < -0.3 is 10.2 Å². The summed E-state index contributed by atoms with van der Waals surface area (Å²) in [6.45, 7) is 2.75. The lowest BCUT2D eigenvalue weighted by Crippen LogP contribution is -2.64. The molecule has 2 aromatic rings. The van der Waals surface area contributed by atoms with E-state index in [1.54, 1.807) is 16.2 Å². The Morgan fingerprint density at radius 2 is 1.96 bits per heavy atom. The van der Waals surface area contributed by atoms with Gasteiger partial charge in [0.05, 0.1) is 22.6 Å². The molecule has 2 saturated heterocycles. The van der Waals surface area contributed by atoms with Crippen LogP contribution in [0.3, 0.4) is 0 Å². The molecule has 1 N–H and O–H groups in total. The standard InChI is InChI=1S/C20H26N4O3/c1-20-11-6-12-23(16(20)9-5-10-17(25)21-20)18(26)13-24-15-8-4-3-7-14(15)22(2)19(24)27/h3-4,7-8,16H,5-6,9-13H2,1-2H3,(H,21,25)/t16-,20-/m0/s1. The first kappa shape index (κ1) is 17.8. The van der Waals surface area contributed by atoms with Crippen LogP contribution < -0.4 is 11.0 Å². The maximum atomic E-state index is 13.2. The molecule has 1 aromatic carbocycles. The first-order chi connectivity index (χ1) is 12.9. The number of carbonyl (C=O) groups excluding carboxylic acids is 2. The number of aromatic nitrogens is 2. The summed E-state index contributed by atoms with van der Waals surface area (Å²) >= 11 is 0. The van der Waals surface area contributed by atoms with Crippen LogP contribution in [0.5, 0.6) is 0 Å². The van der Waals surface area contributed by atoms with E-state index in [1.807, 2.05) is 36.1 Å². The Bertz CT molecular complexity index is 960. The molecular weight excluding hydrogens is 344 g/mol. The van der Waals surface area contributed by atoms with Gasteiger partial charge in [-0.2, -0.15) is 0 Å². The van der Waals surface area contributed by atoms with Crippen molar-refractivity contribution in [1.82, 2.24) is 19.4 Å². The first-order valence-electron chi connectivity index (χ1n) is 9.65. The zero-order chi connectivity index (χ0) is 19.2. The number of fused-ring (bicyclic) bond motifs is 2. The van der Waals surface area contributed by atoms with E-state index >= 15 is 0 Å². The summed E-state index contributed by atoms with van der Waals surface area (Å²) in [5.41, 5.74) is 1.02. The number of nitrogens with one attached hydrogen (secondary N) is 1. The van der Waals surface area contributed by atoms with E-state index < -0.39 is 0 Å². The van der Waals surface area contributed by atoms with Gasteiger partial charge in [0.15, 0.2) is 0 Å². The number of carbonyl (C=O) groups is 2. The van der Waals surface area contributed by atoms with E-state index in [4.69, 9.17) is 0 Å². The Morgan fingerprint density at radius 3 is 2.74 bits per heavy atom. The summed E-state index contributed by atoms with van der Waals surface area (Å²) in [4.78, 5) is 39.8. The van der Waals surface area contributed by atoms with Crippen LogP contribution in [0.15, 0.2) is 29.1 Å². The zero-order valence-corrected chi connectivity index (χ0v) is 15.9. The quantitative estimate of drug-likeness (QED) is 0.868. The second kappa shape index (κ2) is 6.55. The Labute approximate surface area is 157 Å². The van der Waals surface area contributed by atoms with Crippen molar-refractivity contribution >= 4 is 22.8 Å². The molecule has 0 spiro atoms. The molecule has 7 heteroatoms. The van der Waals surface area contributed by atoms with Crippen LogP contribution in [0, 0.1) is 0 Å². The first-order valence-corrected chi connectivity index (χ1v) is 9.65. The topological polar surface area (TPSA) is 76.3 Å². The molecule has 2 amide bonds. The van der Waals surface area contributed by atoms with E-state index in [2.05, 4.69) is 5.32 Å². The molecule has 7 nitrogen and oxygen atoms in total. The lowest BCUT2D eigenvalue weighted by atomic mass is 9.81. The number of para-hydroxylation sites is 2. The third kappa shape index (κ3) is 2.95. The summed E-state index contributed by atoms with van der Waals surface area (Å²) < 4.78 is 3.13. The number of hydrogen-bond acceptors (Lipinski definition) is 3. The van der Waals surface area contributed by atoms with E-state index in [0.29, 0.717) is 13.0 Å². The van der Waals surface area contributed by atoms with Crippen molar-refractivity contribution < 1.29 is 9.59 Å². The molecular formula is C20H26N4O3. The van der Waals surface area contributed by atoms with Crippen LogP contribution in [0.2, 0.25) is 0 Å². The fraction of sp³-hybridized carbons (Fsp3) is 0.550. The minimum Gasteiger partial charge on any atom is -0.349 e. The largest absolute Gasteiger partial charge is 0.349 e. The Kier molecular flexibility index (Phi) is 4.32. The highest BCUT2D eigenvalue weighted by molar-refractivity contribution is 5.82. The SMILES string of the molecule is Cn1c(=O)n(CC(=O)N2CCC[C@]3(C)NC(=O)CCC[C@H]23)c2ccccc21. The molecule has 0 unspecified atom stereocenters. The lowest BCUT2D eigenvalue weighted by Gasteiger charge is -2.47. The molecule has 2 fully saturated rings. The van der Waals surface area contributed by atoms with E-state index in [-0.39, 0.29) is 35.6 Å². The molecule has 0 bridgehead atoms. The highest BCUT2D eigenvalue weighted by Gasteiger charge is 2.44. The fourth-order valence-electron chi connectivity index (χ4n) is 4.78. The summed E-state index contributed by atoms with van der Waals surface area (Å²) in [6, 6.07) is 7.50. The number of piperidine rings is 1. The molecule has 27 heavy (non-hydrogen) atoms. The highest BCUT2D eigenvalue weighted by Crippen LogP contribution is 2.33. The van der Waals surface area contributed by atoms with Crippen LogP contribution in [0.25, 0.3) is 11.0 Å². The van der Waals surface area contributed by atoms with Crippen LogP contribution in [0.1, 0.15) is 39.0 Å². The van der Waals surface area contributed by atoms with Crippen molar-refractivity contribution in [1.29, 1.82) is 0 Å². The Balaban J connectivity index is 1.64. The van der Waals surface area contributed by atoms with Crippen LogP contribution >= 0.6 is 0 Å². The van der Waals surface area contributed by atoms with Gasteiger partial charge in [0, 0.05) is 20.0 Å². The van der Waals surface area contributed by atoms with Gasteiger partial charge >= 0.3 is 5.69 Å². The highest BCUT2D eigenvalue weighted by atomic mass is 16.2. The van der Waals surface area contributed by atoms with Crippen molar-refractivity contribution in [3.63, 3.8) is 0 Å².